The summed E-state index contributed by atoms with van der Waals surface area (Å²) in [7, 11) is -0.0774. The van der Waals surface area contributed by atoms with Crippen LogP contribution < -0.4 is 10.1 Å². The third-order valence-electron chi connectivity index (χ3n) is 6.25. The molecule has 2 aliphatic rings. The van der Waals surface area contributed by atoms with Crippen molar-refractivity contribution in [2.24, 2.45) is 4.36 Å². The summed E-state index contributed by atoms with van der Waals surface area (Å²) >= 11 is 0. The van der Waals surface area contributed by atoms with Crippen LogP contribution in [0.15, 0.2) is 41.0 Å². The normalized spacial score (nSPS) is 22.9. The van der Waals surface area contributed by atoms with E-state index < -0.39 is 0 Å². The summed E-state index contributed by atoms with van der Waals surface area (Å²) in [5.74, 6) is 0.647. The van der Waals surface area contributed by atoms with E-state index in [0.29, 0.717) is 35.7 Å². The minimum Gasteiger partial charge on any atom is -0.483 e. The number of aromatic nitrogens is 2. The Labute approximate surface area is 201 Å². The molecule has 3 aromatic rings. The number of aryl methyl sites for hydroxylation is 1. The van der Waals surface area contributed by atoms with Gasteiger partial charge in [0.15, 0.2) is 6.10 Å². The molecular weight excluding hydrogens is 455 g/mol. The third-order valence-corrected chi connectivity index (χ3v) is 8.11. The lowest BCUT2D eigenvalue weighted by molar-refractivity contribution is 0.0310. The maximum absolute atomic E-state index is 14.1. The predicted molar refractivity (Wildman–Crippen MR) is 133 cm³/mol. The lowest BCUT2D eigenvalue weighted by Crippen LogP contribution is -2.32. The van der Waals surface area contributed by atoms with Crippen molar-refractivity contribution in [1.82, 2.24) is 9.97 Å². The van der Waals surface area contributed by atoms with Gasteiger partial charge in [-0.3, -0.25) is 0 Å². The molecule has 4 atom stereocenters. The van der Waals surface area contributed by atoms with Crippen LogP contribution in [0.1, 0.15) is 25.8 Å². The van der Waals surface area contributed by atoms with Crippen LogP contribution in [-0.4, -0.2) is 53.0 Å². The molecule has 5 rings (SSSR count). The van der Waals surface area contributed by atoms with Gasteiger partial charge >= 0.3 is 0 Å². The summed E-state index contributed by atoms with van der Waals surface area (Å²) < 4.78 is 36.8. The molecule has 180 valence electrons. The molecule has 34 heavy (non-hydrogen) atoms. The standard InChI is InChI=1S/C25H29FN4O3S/c1-14(2)34(4)30-17-9-15(3)23-19(11-17)27-13-28-25(23)29-18-6-5-16(26)10-21(18)33-22-12-32-20-7-8-31-24(20)22/h5-6,9-11,13-14,20,22,24H,7-8,12H2,1-4H3,(H,27,28,29)/t20?,22-,24?,34?/m1/s1. The zero-order chi connectivity index (χ0) is 23.8. The van der Waals surface area contributed by atoms with Crippen LogP contribution in [0.3, 0.4) is 0 Å². The first-order valence-electron chi connectivity index (χ1n) is 11.5. The van der Waals surface area contributed by atoms with Crippen LogP contribution >= 0.6 is 0 Å². The molecule has 0 saturated carbocycles. The minimum atomic E-state index is -0.376. The number of hydrogen-bond acceptors (Lipinski definition) is 7. The predicted octanol–water partition coefficient (Wildman–Crippen LogP) is 5.23. The Morgan fingerprint density at radius 2 is 2.06 bits per heavy atom. The highest BCUT2D eigenvalue weighted by Gasteiger charge is 2.43. The molecule has 7 nitrogen and oxygen atoms in total. The van der Waals surface area contributed by atoms with Crippen molar-refractivity contribution in [1.29, 1.82) is 0 Å². The fraction of sp³-hybridized carbons (Fsp3) is 0.440. The third kappa shape index (κ3) is 4.64. The molecule has 2 aliphatic heterocycles. The van der Waals surface area contributed by atoms with Crippen molar-refractivity contribution in [3.8, 4) is 5.75 Å². The quantitative estimate of drug-likeness (QED) is 0.516. The molecule has 2 fully saturated rings. The van der Waals surface area contributed by atoms with E-state index in [9.17, 15) is 4.39 Å². The maximum atomic E-state index is 14.1. The van der Waals surface area contributed by atoms with E-state index in [-0.39, 0.29) is 34.8 Å². The van der Waals surface area contributed by atoms with Gasteiger partial charge in [-0.1, -0.05) is 24.5 Å². The van der Waals surface area contributed by atoms with Crippen molar-refractivity contribution < 1.29 is 18.6 Å². The minimum absolute atomic E-state index is 0.0436. The summed E-state index contributed by atoms with van der Waals surface area (Å²) in [4.78, 5) is 8.96. The van der Waals surface area contributed by atoms with Gasteiger partial charge in [-0.2, -0.15) is 0 Å². The highest BCUT2D eigenvalue weighted by Crippen LogP contribution is 2.36. The van der Waals surface area contributed by atoms with E-state index in [4.69, 9.17) is 18.6 Å². The van der Waals surface area contributed by atoms with E-state index >= 15 is 0 Å². The molecule has 9 heteroatoms. The number of hydrogen-bond donors (Lipinski definition) is 1. The zero-order valence-corrected chi connectivity index (χ0v) is 20.6. The molecule has 0 aliphatic carbocycles. The Morgan fingerprint density at radius 1 is 1.21 bits per heavy atom. The van der Waals surface area contributed by atoms with Gasteiger partial charge in [-0.15, -0.1) is 0 Å². The molecular formula is C25H29FN4O3S. The number of nitrogens with one attached hydrogen (secondary N) is 1. The first-order valence-corrected chi connectivity index (χ1v) is 13.1. The fourth-order valence-electron chi connectivity index (χ4n) is 4.31. The number of benzene rings is 2. The monoisotopic (exact) mass is 484 g/mol. The van der Waals surface area contributed by atoms with Gasteiger partial charge in [-0.25, -0.2) is 18.7 Å². The molecule has 3 heterocycles. The highest BCUT2D eigenvalue weighted by atomic mass is 32.2. The summed E-state index contributed by atoms with van der Waals surface area (Å²) in [6.07, 6.45) is 4.15. The van der Waals surface area contributed by atoms with Gasteiger partial charge in [0.2, 0.25) is 0 Å². The number of rotatable bonds is 6. The number of ether oxygens (including phenoxy) is 3. The van der Waals surface area contributed by atoms with Gasteiger partial charge in [-0.05, 0) is 49.4 Å². The van der Waals surface area contributed by atoms with Crippen LogP contribution in [0.2, 0.25) is 0 Å². The van der Waals surface area contributed by atoms with E-state index in [0.717, 1.165) is 28.6 Å². The number of halogens is 1. The van der Waals surface area contributed by atoms with Crippen LogP contribution in [-0.2, 0) is 20.2 Å². The van der Waals surface area contributed by atoms with Crippen molar-refractivity contribution >= 4 is 38.8 Å². The SMILES string of the molecule is Cc1cc(N=S(C)C(C)C)cc2ncnc(Nc3ccc(F)cc3O[C@@H]3COC4CCOC43)c12. The summed E-state index contributed by atoms with van der Waals surface area (Å²) in [5.41, 5.74) is 3.34. The molecule has 0 radical (unpaired) electrons. The topological polar surface area (TPSA) is 77.9 Å². The number of fused-ring (bicyclic) bond motifs is 2. The van der Waals surface area contributed by atoms with Gasteiger partial charge in [0.05, 0.1) is 29.6 Å². The van der Waals surface area contributed by atoms with E-state index in [2.05, 4.69) is 41.5 Å². The van der Waals surface area contributed by atoms with Gasteiger partial charge in [0.25, 0.3) is 0 Å². The van der Waals surface area contributed by atoms with Crippen LogP contribution in [0.5, 0.6) is 5.75 Å². The van der Waals surface area contributed by atoms with Crippen molar-refractivity contribution in [2.75, 3.05) is 24.8 Å². The van der Waals surface area contributed by atoms with Gasteiger partial charge in [0, 0.05) is 23.3 Å². The molecule has 2 aromatic carbocycles. The van der Waals surface area contributed by atoms with E-state index in [1.807, 2.05) is 13.0 Å². The molecule has 1 aromatic heterocycles. The van der Waals surface area contributed by atoms with Crippen LogP contribution in [0.4, 0.5) is 21.6 Å². The van der Waals surface area contributed by atoms with Crippen LogP contribution in [0, 0.1) is 12.7 Å². The fourth-order valence-corrected chi connectivity index (χ4v) is 4.96. The molecule has 2 saturated heterocycles. The van der Waals surface area contributed by atoms with E-state index in [1.165, 1.54) is 18.5 Å². The Bertz CT molecular complexity index is 1250. The molecule has 0 bridgehead atoms. The van der Waals surface area contributed by atoms with E-state index in [1.54, 1.807) is 6.07 Å². The Kier molecular flexibility index (Phi) is 6.50. The highest BCUT2D eigenvalue weighted by molar-refractivity contribution is 7.87. The van der Waals surface area contributed by atoms with Crippen molar-refractivity contribution in [3.05, 3.63) is 48.0 Å². The Balaban J connectivity index is 1.47. The lowest BCUT2D eigenvalue weighted by Gasteiger charge is -2.21. The Hall–Kier alpha value is -2.62. The molecule has 0 amide bonds. The lowest BCUT2D eigenvalue weighted by atomic mass is 10.1. The van der Waals surface area contributed by atoms with Gasteiger partial charge in [0.1, 0.15) is 29.8 Å². The summed E-state index contributed by atoms with van der Waals surface area (Å²) in [6.45, 7) is 7.44. The second kappa shape index (κ2) is 9.56. The Morgan fingerprint density at radius 3 is 2.88 bits per heavy atom. The number of nitrogens with zero attached hydrogens (tertiary/aromatic N) is 3. The molecule has 0 spiro atoms. The summed E-state index contributed by atoms with van der Waals surface area (Å²) in [5, 5.41) is 4.71. The summed E-state index contributed by atoms with van der Waals surface area (Å²) in [6, 6.07) is 8.48. The maximum Gasteiger partial charge on any atom is 0.151 e. The molecule has 1 N–H and O–H groups in total. The largest absolute Gasteiger partial charge is 0.483 e. The second-order valence-electron chi connectivity index (χ2n) is 8.96. The first kappa shape index (κ1) is 23.1. The molecule has 3 unspecified atom stereocenters. The average molecular weight is 485 g/mol. The second-order valence-corrected chi connectivity index (χ2v) is 11.1. The van der Waals surface area contributed by atoms with Gasteiger partial charge < -0.3 is 19.5 Å². The average Bonchev–Trinajstić information content (AvgIpc) is 3.40. The smallest absolute Gasteiger partial charge is 0.151 e. The first-order chi connectivity index (χ1) is 16.4. The van der Waals surface area contributed by atoms with Crippen molar-refractivity contribution in [2.45, 2.75) is 50.8 Å². The van der Waals surface area contributed by atoms with Crippen molar-refractivity contribution in [3.63, 3.8) is 0 Å². The van der Waals surface area contributed by atoms with Crippen LogP contribution in [0.25, 0.3) is 10.9 Å². The zero-order valence-electron chi connectivity index (χ0n) is 19.7. The number of anilines is 2.